The Kier molecular flexibility index (Phi) is 5.44. The van der Waals surface area contributed by atoms with E-state index in [-0.39, 0.29) is 5.78 Å². The zero-order chi connectivity index (χ0) is 14.5. The number of Topliss-reactive ketones (excluding diaryl/α,β-unsaturated/α-hetero) is 1. The van der Waals surface area contributed by atoms with Crippen LogP contribution in [0, 0.1) is 0 Å². The fourth-order valence-electron chi connectivity index (χ4n) is 1.84. The van der Waals surface area contributed by atoms with Gasteiger partial charge in [-0.3, -0.25) is 4.79 Å². The van der Waals surface area contributed by atoms with Gasteiger partial charge in [-0.05, 0) is 29.7 Å². The van der Waals surface area contributed by atoms with Crippen LogP contribution in [0.15, 0.2) is 57.9 Å². The summed E-state index contributed by atoms with van der Waals surface area (Å²) >= 11 is 5.01. The maximum absolute atomic E-state index is 12.2. The average Bonchev–Trinajstić information content (AvgIpc) is 2.45. The van der Waals surface area contributed by atoms with E-state index < -0.39 is 0 Å². The van der Waals surface area contributed by atoms with Gasteiger partial charge >= 0.3 is 0 Å². The van der Waals surface area contributed by atoms with Crippen molar-refractivity contribution in [3.63, 3.8) is 0 Å². The highest BCUT2D eigenvalue weighted by Crippen LogP contribution is 2.23. The molecule has 0 spiro atoms. The van der Waals surface area contributed by atoms with Gasteiger partial charge in [-0.2, -0.15) is 0 Å². The largest absolute Gasteiger partial charge is 0.293 e. The number of halogens is 1. The molecule has 1 nitrogen and oxygen atoms in total. The summed E-state index contributed by atoms with van der Waals surface area (Å²) < 4.78 is 1.04. The predicted molar refractivity (Wildman–Crippen MR) is 89.7 cm³/mol. The molecular formula is C17H17BrOS. The van der Waals surface area contributed by atoms with Crippen molar-refractivity contribution in [2.24, 2.45) is 0 Å². The zero-order valence-corrected chi connectivity index (χ0v) is 14.0. The molecule has 2 aromatic rings. The molecule has 2 aromatic carbocycles. The highest BCUT2D eigenvalue weighted by Gasteiger charge is 2.07. The molecule has 0 saturated heterocycles. The Labute approximate surface area is 132 Å². The number of carbonyl (C=O) groups excluding carboxylic acids is 1. The molecule has 0 aromatic heterocycles. The number of thioether (sulfide) groups is 1. The van der Waals surface area contributed by atoms with E-state index in [1.54, 1.807) is 11.8 Å². The van der Waals surface area contributed by atoms with Crippen LogP contribution in [-0.2, 0) is 0 Å². The van der Waals surface area contributed by atoms with E-state index in [1.165, 1.54) is 5.56 Å². The standard InChI is InChI=1S/C17H17BrOS/c1-12(2)13-6-8-14(9-7-13)17(19)11-20-16-5-3-4-15(18)10-16/h3-10,12H,11H2,1-2H3. The van der Waals surface area contributed by atoms with Crippen molar-refractivity contribution in [3.8, 4) is 0 Å². The van der Waals surface area contributed by atoms with Gasteiger partial charge in [0.1, 0.15) is 0 Å². The highest BCUT2D eigenvalue weighted by atomic mass is 79.9. The molecule has 0 bridgehead atoms. The first kappa shape index (κ1) is 15.3. The first-order valence-corrected chi connectivity index (χ1v) is 8.35. The third kappa shape index (κ3) is 4.22. The van der Waals surface area contributed by atoms with E-state index in [0.29, 0.717) is 11.7 Å². The Morgan fingerprint density at radius 1 is 1.15 bits per heavy atom. The topological polar surface area (TPSA) is 17.1 Å². The van der Waals surface area contributed by atoms with Crippen molar-refractivity contribution in [2.75, 3.05) is 5.75 Å². The van der Waals surface area contributed by atoms with Gasteiger partial charge < -0.3 is 0 Å². The van der Waals surface area contributed by atoms with E-state index in [4.69, 9.17) is 0 Å². The van der Waals surface area contributed by atoms with Crippen LogP contribution in [0.2, 0.25) is 0 Å². The van der Waals surface area contributed by atoms with Gasteiger partial charge in [-0.1, -0.05) is 60.1 Å². The Morgan fingerprint density at radius 2 is 1.85 bits per heavy atom. The second kappa shape index (κ2) is 7.09. The van der Waals surface area contributed by atoms with Gasteiger partial charge in [0.25, 0.3) is 0 Å². The number of hydrogen-bond donors (Lipinski definition) is 0. The Balaban J connectivity index is 1.98. The smallest absolute Gasteiger partial charge is 0.173 e. The first-order valence-electron chi connectivity index (χ1n) is 6.58. The van der Waals surface area contributed by atoms with Crippen molar-refractivity contribution in [2.45, 2.75) is 24.7 Å². The summed E-state index contributed by atoms with van der Waals surface area (Å²) in [6, 6.07) is 16.0. The summed E-state index contributed by atoms with van der Waals surface area (Å²) in [7, 11) is 0. The van der Waals surface area contributed by atoms with Crippen molar-refractivity contribution >= 4 is 33.5 Å². The van der Waals surface area contributed by atoms with Gasteiger partial charge in [0.15, 0.2) is 5.78 Å². The number of ketones is 1. The minimum atomic E-state index is 0.172. The summed E-state index contributed by atoms with van der Waals surface area (Å²) in [5.41, 5.74) is 2.05. The summed E-state index contributed by atoms with van der Waals surface area (Å²) in [6.07, 6.45) is 0. The van der Waals surface area contributed by atoms with Crippen LogP contribution in [-0.4, -0.2) is 11.5 Å². The quantitative estimate of drug-likeness (QED) is 0.520. The van der Waals surface area contributed by atoms with Crippen molar-refractivity contribution in [1.29, 1.82) is 0 Å². The van der Waals surface area contributed by atoms with E-state index in [2.05, 4.69) is 29.8 Å². The Morgan fingerprint density at radius 3 is 2.45 bits per heavy atom. The lowest BCUT2D eigenvalue weighted by molar-refractivity contribution is 0.102. The third-order valence-corrected chi connectivity index (χ3v) is 4.55. The molecule has 0 atom stereocenters. The average molecular weight is 349 g/mol. The van der Waals surface area contributed by atoms with Crippen LogP contribution in [0.3, 0.4) is 0 Å². The molecule has 0 amide bonds. The van der Waals surface area contributed by atoms with E-state index in [1.807, 2.05) is 48.5 Å². The molecule has 0 saturated carbocycles. The fourth-order valence-corrected chi connectivity index (χ4v) is 3.24. The van der Waals surface area contributed by atoms with Crippen molar-refractivity contribution in [1.82, 2.24) is 0 Å². The van der Waals surface area contributed by atoms with Gasteiger partial charge in [-0.25, -0.2) is 0 Å². The molecule has 0 aliphatic carbocycles. The number of benzene rings is 2. The molecule has 0 heterocycles. The van der Waals surface area contributed by atoms with Crippen LogP contribution in [0.4, 0.5) is 0 Å². The Hall–Kier alpha value is -1.06. The normalized spacial score (nSPS) is 10.8. The highest BCUT2D eigenvalue weighted by molar-refractivity contribution is 9.10. The number of rotatable bonds is 5. The molecule has 20 heavy (non-hydrogen) atoms. The SMILES string of the molecule is CC(C)c1ccc(C(=O)CSc2cccc(Br)c2)cc1. The van der Waals surface area contributed by atoms with E-state index in [9.17, 15) is 4.79 Å². The van der Waals surface area contributed by atoms with Crippen LogP contribution in [0.1, 0.15) is 35.7 Å². The minimum Gasteiger partial charge on any atom is -0.293 e. The van der Waals surface area contributed by atoms with Crippen LogP contribution in [0.5, 0.6) is 0 Å². The lowest BCUT2D eigenvalue weighted by atomic mass is 10.0. The first-order chi connectivity index (χ1) is 9.56. The molecule has 0 unspecified atom stereocenters. The maximum atomic E-state index is 12.2. The second-order valence-electron chi connectivity index (χ2n) is 4.95. The van der Waals surface area contributed by atoms with Crippen LogP contribution >= 0.6 is 27.7 Å². The minimum absolute atomic E-state index is 0.172. The molecule has 0 aliphatic rings. The van der Waals surface area contributed by atoms with E-state index in [0.717, 1.165) is 14.9 Å². The molecule has 104 valence electrons. The molecule has 0 fully saturated rings. The lowest BCUT2D eigenvalue weighted by Crippen LogP contribution is -2.02. The summed E-state index contributed by atoms with van der Waals surface area (Å²) in [6.45, 7) is 4.31. The predicted octanol–water partition coefficient (Wildman–Crippen LogP) is 5.55. The van der Waals surface area contributed by atoms with Crippen LogP contribution in [0.25, 0.3) is 0 Å². The van der Waals surface area contributed by atoms with Gasteiger partial charge in [0.2, 0.25) is 0 Å². The molecule has 0 radical (unpaired) electrons. The van der Waals surface area contributed by atoms with Gasteiger partial charge in [0, 0.05) is 14.9 Å². The monoisotopic (exact) mass is 348 g/mol. The molecule has 0 aliphatic heterocycles. The molecule has 3 heteroatoms. The third-order valence-electron chi connectivity index (χ3n) is 3.07. The van der Waals surface area contributed by atoms with Crippen molar-refractivity contribution in [3.05, 3.63) is 64.1 Å². The Bertz CT molecular complexity index is 590. The van der Waals surface area contributed by atoms with Gasteiger partial charge in [0.05, 0.1) is 5.75 Å². The summed E-state index contributed by atoms with van der Waals surface area (Å²) in [5, 5.41) is 0. The zero-order valence-electron chi connectivity index (χ0n) is 11.6. The lowest BCUT2D eigenvalue weighted by Gasteiger charge is -2.06. The van der Waals surface area contributed by atoms with Crippen molar-refractivity contribution < 1.29 is 4.79 Å². The summed E-state index contributed by atoms with van der Waals surface area (Å²) in [4.78, 5) is 13.3. The fraction of sp³-hybridized carbons (Fsp3) is 0.235. The summed E-state index contributed by atoms with van der Waals surface area (Å²) in [5.74, 6) is 1.14. The van der Waals surface area contributed by atoms with Gasteiger partial charge in [-0.15, -0.1) is 11.8 Å². The maximum Gasteiger partial charge on any atom is 0.173 e. The molecule has 0 N–H and O–H groups in total. The number of carbonyl (C=O) groups is 1. The van der Waals surface area contributed by atoms with E-state index >= 15 is 0 Å². The van der Waals surface area contributed by atoms with Crippen LogP contribution < -0.4 is 0 Å². The second-order valence-corrected chi connectivity index (χ2v) is 6.91. The molecular weight excluding hydrogens is 332 g/mol. The number of hydrogen-bond acceptors (Lipinski definition) is 2. The molecule has 2 rings (SSSR count).